The van der Waals surface area contributed by atoms with E-state index < -0.39 is 35.7 Å². The standard InChI is InChI=1S/C9H8F4N2O2/c10-5-2-1-3-6(7(5)8(14)15-16)17-4-9(11,12)13/h1-3,16H,4H2,(H2,14,15). The van der Waals surface area contributed by atoms with Crippen molar-refractivity contribution in [1.29, 1.82) is 0 Å². The molecule has 0 radical (unpaired) electrons. The summed E-state index contributed by atoms with van der Waals surface area (Å²) in [6.07, 6.45) is -4.56. The van der Waals surface area contributed by atoms with Crippen molar-refractivity contribution >= 4 is 5.84 Å². The van der Waals surface area contributed by atoms with E-state index in [1.807, 2.05) is 0 Å². The van der Waals surface area contributed by atoms with Gasteiger partial charge in [0.2, 0.25) is 0 Å². The lowest BCUT2D eigenvalue weighted by Crippen LogP contribution is -2.22. The van der Waals surface area contributed by atoms with Crippen LogP contribution in [0.3, 0.4) is 0 Å². The van der Waals surface area contributed by atoms with Crippen LogP contribution < -0.4 is 10.5 Å². The van der Waals surface area contributed by atoms with Gasteiger partial charge in [0.25, 0.3) is 0 Å². The van der Waals surface area contributed by atoms with Gasteiger partial charge in [-0.3, -0.25) is 0 Å². The molecule has 17 heavy (non-hydrogen) atoms. The number of nitrogens with zero attached hydrogens (tertiary/aromatic N) is 1. The van der Waals surface area contributed by atoms with Gasteiger partial charge in [0.05, 0.1) is 5.56 Å². The van der Waals surface area contributed by atoms with Crippen LogP contribution in [0.5, 0.6) is 5.75 Å². The first-order valence-corrected chi connectivity index (χ1v) is 4.31. The lowest BCUT2D eigenvalue weighted by molar-refractivity contribution is -0.153. The molecular formula is C9H8F4N2O2. The molecule has 0 amide bonds. The minimum absolute atomic E-state index is 0.447. The summed E-state index contributed by atoms with van der Waals surface area (Å²) in [6.45, 7) is -1.60. The van der Waals surface area contributed by atoms with Crippen LogP contribution in [0.1, 0.15) is 5.56 Å². The quantitative estimate of drug-likeness (QED) is 0.283. The van der Waals surface area contributed by atoms with E-state index in [0.29, 0.717) is 0 Å². The minimum atomic E-state index is -4.56. The molecule has 0 unspecified atom stereocenters. The number of hydrogen-bond donors (Lipinski definition) is 2. The third-order valence-electron chi connectivity index (χ3n) is 1.73. The normalized spacial score (nSPS) is 12.6. The van der Waals surface area contributed by atoms with Crippen molar-refractivity contribution in [3.63, 3.8) is 0 Å². The molecule has 1 rings (SSSR count). The van der Waals surface area contributed by atoms with Gasteiger partial charge in [0.15, 0.2) is 12.4 Å². The zero-order valence-corrected chi connectivity index (χ0v) is 8.33. The van der Waals surface area contributed by atoms with Gasteiger partial charge in [-0.15, -0.1) is 0 Å². The van der Waals surface area contributed by atoms with Crippen LogP contribution in [0, 0.1) is 5.82 Å². The van der Waals surface area contributed by atoms with Crippen molar-refractivity contribution in [1.82, 2.24) is 0 Å². The number of hydrogen-bond acceptors (Lipinski definition) is 3. The van der Waals surface area contributed by atoms with E-state index in [9.17, 15) is 17.6 Å². The average molecular weight is 252 g/mol. The van der Waals surface area contributed by atoms with E-state index in [2.05, 4.69) is 9.89 Å². The van der Waals surface area contributed by atoms with Gasteiger partial charge in [-0.2, -0.15) is 13.2 Å². The van der Waals surface area contributed by atoms with Gasteiger partial charge in [-0.25, -0.2) is 4.39 Å². The molecule has 0 aromatic heterocycles. The van der Waals surface area contributed by atoms with Crippen molar-refractivity contribution in [2.75, 3.05) is 6.61 Å². The molecule has 0 saturated carbocycles. The highest BCUT2D eigenvalue weighted by Crippen LogP contribution is 2.24. The van der Waals surface area contributed by atoms with Crippen molar-refractivity contribution in [2.45, 2.75) is 6.18 Å². The smallest absolute Gasteiger partial charge is 0.422 e. The summed E-state index contributed by atoms with van der Waals surface area (Å²) < 4.78 is 53.4. The van der Waals surface area contributed by atoms with Crippen molar-refractivity contribution in [3.8, 4) is 5.75 Å². The molecule has 8 heteroatoms. The fraction of sp³-hybridized carbons (Fsp3) is 0.222. The first-order valence-electron chi connectivity index (χ1n) is 4.31. The Morgan fingerprint density at radius 2 is 2.06 bits per heavy atom. The molecule has 0 fully saturated rings. The van der Waals surface area contributed by atoms with Crippen molar-refractivity contribution in [3.05, 3.63) is 29.6 Å². The second kappa shape index (κ2) is 4.89. The number of halogens is 4. The molecular weight excluding hydrogens is 244 g/mol. The van der Waals surface area contributed by atoms with E-state index in [1.54, 1.807) is 0 Å². The van der Waals surface area contributed by atoms with E-state index in [0.717, 1.165) is 18.2 Å². The molecule has 0 atom stereocenters. The second-order valence-corrected chi connectivity index (χ2v) is 3.00. The Hall–Kier alpha value is -1.99. The van der Waals surface area contributed by atoms with Gasteiger partial charge >= 0.3 is 6.18 Å². The van der Waals surface area contributed by atoms with Crippen LogP contribution in [0.15, 0.2) is 23.4 Å². The minimum Gasteiger partial charge on any atom is -0.483 e. The number of oxime groups is 1. The highest BCUT2D eigenvalue weighted by molar-refractivity contribution is 5.99. The maximum atomic E-state index is 13.3. The Bertz CT molecular complexity index is 431. The average Bonchev–Trinajstić information content (AvgIpc) is 2.24. The zero-order chi connectivity index (χ0) is 13.1. The fourth-order valence-corrected chi connectivity index (χ4v) is 1.08. The zero-order valence-electron chi connectivity index (χ0n) is 8.33. The predicted molar refractivity (Wildman–Crippen MR) is 50.5 cm³/mol. The monoisotopic (exact) mass is 252 g/mol. The maximum Gasteiger partial charge on any atom is 0.422 e. The summed E-state index contributed by atoms with van der Waals surface area (Å²) >= 11 is 0. The van der Waals surface area contributed by atoms with Gasteiger partial charge in [0, 0.05) is 0 Å². The van der Waals surface area contributed by atoms with Crippen LogP contribution in [0.4, 0.5) is 17.6 Å². The lowest BCUT2D eigenvalue weighted by Gasteiger charge is -2.12. The van der Waals surface area contributed by atoms with Gasteiger partial charge < -0.3 is 15.7 Å². The predicted octanol–water partition coefficient (Wildman–Crippen LogP) is 1.86. The highest BCUT2D eigenvalue weighted by atomic mass is 19.4. The summed E-state index contributed by atoms with van der Waals surface area (Å²) in [5.41, 5.74) is 4.62. The van der Waals surface area contributed by atoms with Gasteiger partial charge in [-0.05, 0) is 12.1 Å². The van der Waals surface area contributed by atoms with Crippen molar-refractivity contribution < 1.29 is 27.5 Å². The fourth-order valence-electron chi connectivity index (χ4n) is 1.08. The molecule has 0 aliphatic heterocycles. The lowest BCUT2D eigenvalue weighted by atomic mass is 10.1. The first-order chi connectivity index (χ1) is 7.85. The third kappa shape index (κ3) is 3.51. The SMILES string of the molecule is NC(=NO)c1c(F)cccc1OCC(F)(F)F. The Kier molecular flexibility index (Phi) is 3.77. The topological polar surface area (TPSA) is 67.8 Å². The van der Waals surface area contributed by atoms with E-state index in [4.69, 9.17) is 10.9 Å². The molecule has 3 N–H and O–H groups in total. The Labute approximate surface area is 93.3 Å². The molecule has 4 nitrogen and oxygen atoms in total. The Morgan fingerprint density at radius 1 is 1.41 bits per heavy atom. The van der Waals surface area contributed by atoms with Crippen LogP contribution in [0.25, 0.3) is 0 Å². The van der Waals surface area contributed by atoms with Crippen LogP contribution in [-0.2, 0) is 0 Å². The number of amidine groups is 1. The number of alkyl halides is 3. The first kappa shape index (κ1) is 13.1. The van der Waals surface area contributed by atoms with E-state index >= 15 is 0 Å². The number of ether oxygens (including phenoxy) is 1. The highest BCUT2D eigenvalue weighted by Gasteiger charge is 2.29. The molecule has 0 aliphatic rings. The second-order valence-electron chi connectivity index (χ2n) is 3.00. The summed E-state index contributed by atoms with van der Waals surface area (Å²) in [6, 6.07) is 3.19. The Morgan fingerprint density at radius 3 is 2.59 bits per heavy atom. The summed E-state index contributed by atoms with van der Waals surface area (Å²) in [5, 5.41) is 10.9. The number of rotatable bonds is 3. The van der Waals surface area contributed by atoms with E-state index in [-0.39, 0.29) is 0 Å². The van der Waals surface area contributed by atoms with Crippen LogP contribution in [0.2, 0.25) is 0 Å². The molecule has 0 bridgehead atoms. The van der Waals surface area contributed by atoms with Crippen molar-refractivity contribution in [2.24, 2.45) is 10.9 Å². The van der Waals surface area contributed by atoms with Gasteiger partial charge in [0.1, 0.15) is 11.6 Å². The molecule has 1 aromatic rings. The summed E-state index contributed by atoms with van der Waals surface area (Å²) in [4.78, 5) is 0. The number of nitrogens with two attached hydrogens (primary N) is 1. The molecule has 0 aliphatic carbocycles. The molecule has 0 saturated heterocycles. The van der Waals surface area contributed by atoms with Gasteiger partial charge in [-0.1, -0.05) is 11.2 Å². The number of benzene rings is 1. The molecule has 1 aromatic carbocycles. The molecule has 0 spiro atoms. The van der Waals surface area contributed by atoms with Crippen LogP contribution in [-0.4, -0.2) is 23.8 Å². The Balaban J connectivity index is 3.03. The molecule has 0 heterocycles. The summed E-state index contributed by atoms with van der Waals surface area (Å²) in [5.74, 6) is -2.06. The maximum absolute atomic E-state index is 13.3. The van der Waals surface area contributed by atoms with E-state index in [1.165, 1.54) is 0 Å². The summed E-state index contributed by atoms with van der Waals surface area (Å²) in [7, 11) is 0. The molecule has 94 valence electrons. The largest absolute Gasteiger partial charge is 0.483 e. The van der Waals surface area contributed by atoms with Crippen LogP contribution >= 0.6 is 0 Å². The third-order valence-corrected chi connectivity index (χ3v) is 1.73.